The smallest absolute Gasteiger partial charge is 0.288 e. The average molecular weight is 389 g/mol. The second-order valence-corrected chi connectivity index (χ2v) is 6.80. The topological polar surface area (TPSA) is 58.9 Å². The molecular weight excluding hydrogens is 370 g/mol. The number of rotatable bonds is 8. The Balaban J connectivity index is 1.67. The molecule has 0 bridgehead atoms. The van der Waals surface area contributed by atoms with E-state index in [1.807, 2.05) is 41.7 Å². The van der Waals surface area contributed by atoms with Gasteiger partial charge in [-0.05, 0) is 24.3 Å². The molecule has 0 radical (unpaired) electrons. The second kappa shape index (κ2) is 9.34. The van der Waals surface area contributed by atoms with Crippen molar-refractivity contribution in [1.82, 2.24) is 0 Å². The third-order valence-corrected chi connectivity index (χ3v) is 4.71. The molecule has 140 valence electrons. The Labute approximate surface area is 160 Å². The molecule has 3 rings (SSSR count). The van der Waals surface area contributed by atoms with Crippen LogP contribution >= 0.6 is 11.8 Å². The van der Waals surface area contributed by atoms with Gasteiger partial charge in [0.15, 0.2) is 18.3 Å². The van der Waals surface area contributed by atoms with Crippen molar-refractivity contribution >= 4 is 23.4 Å². The molecule has 3 N–H and O–H groups in total. The standard InChI is InChI=1S/C20H18F2N2O2S/c21-20(22)27-17-11-5-4-9-15(17)24-18(25)13-23-19(16-10-6-12-26-16)14-7-2-1-3-8-14/h1-12,19-20,23H,13H2,(H,24,25)/p+1/t19-/m0/s1. The number of quaternary nitrogens is 1. The Morgan fingerprint density at radius 2 is 1.78 bits per heavy atom. The normalized spacial score (nSPS) is 12.1. The Morgan fingerprint density at radius 1 is 1.04 bits per heavy atom. The van der Waals surface area contributed by atoms with E-state index in [9.17, 15) is 13.6 Å². The largest absolute Gasteiger partial charge is 0.463 e. The summed E-state index contributed by atoms with van der Waals surface area (Å²) in [5.74, 6) is -2.08. The Kier molecular flexibility index (Phi) is 6.62. The zero-order chi connectivity index (χ0) is 19.1. The number of furan rings is 1. The fourth-order valence-electron chi connectivity index (χ4n) is 2.74. The van der Waals surface area contributed by atoms with Crippen molar-refractivity contribution in [2.45, 2.75) is 16.7 Å². The van der Waals surface area contributed by atoms with Crippen LogP contribution in [-0.4, -0.2) is 18.2 Å². The molecule has 27 heavy (non-hydrogen) atoms. The summed E-state index contributed by atoms with van der Waals surface area (Å²) < 4.78 is 30.9. The fraction of sp³-hybridized carbons (Fsp3) is 0.150. The lowest BCUT2D eigenvalue weighted by molar-refractivity contribution is -0.678. The summed E-state index contributed by atoms with van der Waals surface area (Å²) in [4.78, 5) is 12.7. The van der Waals surface area contributed by atoms with Crippen LogP contribution in [0.3, 0.4) is 0 Å². The number of nitrogens with one attached hydrogen (secondary N) is 1. The maximum atomic E-state index is 12.7. The predicted molar refractivity (Wildman–Crippen MR) is 101 cm³/mol. The number of hydrogen-bond acceptors (Lipinski definition) is 3. The van der Waals surface area contributed by atoms with Crippen LogP contribution in [0.1, 0.15) is 17.4 Å². The van der Waals surface area contributed by atoms with Crippen LogP contribution in [0.5, 0.6) is 0 Å². The van der Waals surface area contributed by atoms with Crippen molar-refractivity contribution in [3.63, 3.8) is 0 Å². The fourth-order valence-corrected chi connectivity index (χ4v) is 3.34. The van der Waals surface area contributed by atoms with Gasteiger partial charge in [0, 0.05) is 10.5 Å². The summed E-state index contributed by atoms with van der Waals surface area (Å²) in [6, 6.07) is 19.7. The van der Waals surface area contributed by atoms with E-state index in [-0.39, 0.29) is 18.5 Å². The lowest BCUT2D eigenvalue weighted by Crippen LogP contribution is -2.87. The van der Waals surface area contributed by atoms with Crippen LogP contribution in [0.4, 0.5) is 14.5 Å². The quantitative estimate of drug-likeness (QED) is 0.575. The molecule has 7 heteroatoms. The first kappa shape index (κ1) is 19.1. The number of benzene rings is 2. The van der Waals surface area contributed by atoms with Crippen LogP contribution in [0, 0.1) is 0 Å². The number of hydrogen-bond donors (Lipinski definition) is 2. The third-order valence-electron chi connectivity index (χ3n) is 3.92. The number of anilines is 1. The number of thioether (sulfide) groups is 1. The van der Waals surface area contributed by atoms with Crippen molar-refractivity contribution in [1.29, 1.82) is 0 Å². The highest BCUT2D eigenvalue weighted by Gasteiger charge is 2.21. The third kappa shape index (κ3) is 5.42. The molecule has 0 aliphatic heterocycles. The Hall–Kier alpha value is -2.64. The van der Waals surface area contributed by atoms with Crippen LogP contribution in [0.15, 0.2) is 82.3 Å². The summed E-state index contributed by atoms with van der Waals surface area (Å²) in [7, 11) is 0. The number of amides is 1. The van der Waals surface area contributed by atoms with Crippen molar-refractivity contribution in [2.24, 2.45) is 0 Å². The maximum Gasteiger partial charge on any atom is 0.288 e. The van der Waals surface area contributed by atoms with Gasteiger partial charge in [0.2, 0.25) is 0 Å². The second-order valence-electron chi connectivity index (χ2n) is 5.77. The molecule has 1 aromatic heterocycles. The zero-order valence-corrected chi connectivity index (χ0v) is 15.2. The molecule has 0 spiro atoms. The van der Waals surface area contributed by atoms with Gasteiger partial charge < -0.3 is 15.1 Å². The van der Waals surface area contributed by atoms with Crippen molar-refractivity contribution < 1.29 is 23.3 Å². The summed E-state index contributed by atoms with van der Waals surface area (Å²) >= 11 is 0.413. The molecule has 0 saturated carbocycles. The van der Waals surface area contributed by atoms with E-state index in [0.717, 1.165) is 11.3 Å². The van der Waals surface area contributed by atoms with Gasteiger partial charge in [-0.2, -0.15) is 8.78 Å². The van der Waals surface area contributed by atoms with E-state index in [1.54, 1.807) is 36.6 Å². The number of nitrogens with two attached hydrogens (primary N) is 1. The first-order valence-electron chi connectivity index (χ1n) is 8.39. The molecule has 0 aliphatic rings. The molecule has 1 heterocycles. The SMILES string of the molecule is O=C(C[NH2+][C@@H](c1ccccc1)c1ccco1)Nc1ccccc1SC(F)F. The van der Waals surface area contributed by atoms with Crippen LogP contribution in [-0.2, 0) is 4.79 Å². The molecule has 1 amide bonds. The summed E-state index contributed by atoms with van der Waals surface area (Å²) in [5.41, 5.74) is 1.39. The van der Waals surface area contributed by atoms with Gasteiger partial charge in [-0.15, -0.1) is 0 Å². The van der Waals surface area contributed by atoms with Crippen molar-refractivity contribution in [2.75, 3.05) is 11.9 Å². The van der Waals surface area contributed by atoms with E-state index in [4.69, 9.17) is 4.42 Å². The highest BCUT2D eigenvalue weighted by Crippen LogP contribution is 2.31. The lowest BCUT2D eigenvalue weighted by Gasteiger charge is -2.14. The van der Waals surface area contributed by atoms with Crippen molar-refractivity contribution in [3.05, 3.63) is 84.3 Å². The Bertz CT molecular complexity index is 857. The van der Waals surface area contributed by atoms with E-state index >= 15 is 0 Å². The van der Waals surface area contributed by atoms with Crippen molar-refractivity contribution in [3.8, 4) is 0 Å². The van der Waals surface area contributed by atoms with Crippen LogP contribution < -0.4 is 10.6 Å². The van der Waals surface area contributed by atoms with Gasteiger partial charge in [-0.1, -0.05) is 54.2 Å². The van der Waals surface area contributed by atoms with Gasteiger partial charge in [-0.25, -0.2) is 0 Å². The molecule has 0 aliphatic carbocycles. The number of halogens is 2. The monoisotopic (exact) mass is 389 g/mol. The minimum Gasteiger partial charge on any atom is -0.463 e. The molecule has 0 fully saturated rings. The average Bonchev–Trinajstić information content (AvgIpc) is 3.18. The van der Waals surface area contributed by atoms with Crippen LogP contribution in [0.25, 0.3) is 0 Å². The molecule has 3 aromatic rings. The van der Waals surface area contributed by atoms with Gasteiger partial charge in [0.1, 0.15) is 0 Å². The Morgan fingerprint density at radius 3 is 2.48 bits per heavy atom. The minimum absolute atomic E-state index is 0.119. The summed E-state index contributed by atoms with van der Waals surface area (Å²) in [5, 5.41) is 4.57. The van der Waals surface area contributed by atoms with Gasteiger partial charge in [0.05, 0.1) is 12.0 Å². The molecule has 0 unspecified atom stereocenters. The lowest BCUT2D eigenvalue weighted by atomic mass is 10.0. The molecular formula is C20H19F2N2O2S+. The van der Waals surface area contributed by atoms with Gasteiger partial charge >= 0.3 is 0 Å². The summed E-state index contributed by atoms with van der Waals surface area (Å²) in [6.07, 6.45) is 1.59. The van der Waals surface area contributed by atoms with Gasteiger partial charge in [0.25, 0.3) is 11.7 Å². The van der Waals surface area contributed by atoms with Gasteiger partial charge in [-0.3, -0.25) is 4.79 Å². The zero-order valence-electron chi connectivity index (χ0n) is 14.3. The van der Waals surface area contributed by atoms with Crippen LogP contribution in [0.2, 0.25) is 0 Å². The number of alkyl halides is 2. The van der Waals surface area contributed by atoms with E-state index < -0.39 is 5.76 Å². The van der Waals surface area contributed by atoms with E-state index in [1.165, 1.54) is 0 Å². The predicted octanol–water partition coefficient (Wildman–Crippen LogP) is 3.89. The highest BCUT2D eigenvalue weighted by atomic mass is 32.2. The molecule has 4 nitrogen and oxygen atoms in total. The van der Waals surface area contributed by atoms with E-state index in [2.05, 4.69) is 5.32 Å². The minimum atomic E-state index is -2.55. The first-order chi connectivity index (χ1) is 13.1. The molecule has 0 saturated heterocycles. The molecule has 2 aromatic carbocycles. The summed E-state index contributed by atoms with van der Waals surface area (Å²) in [6.45, 7) is 0.119. The maximum absolute atomic E-state index is 12.7. The van der Waals surface area contributed by atoms with E-state index in [0.29, 0.717) is 22.3 Å². The highest BCUT2D eigenvalue weighted by molar-refractivity contribution is 7.99. The number of para-hydroxylation sites is 1. The number of carbonyl (C=O) groups excluding carboxylic acids is 1. The number of carbonyl (C=O) groups is 1. The molecule has 1 atom stereocenters. The first-order valence-corrected chi connectivity index (χ1v) is 9.27.